The fourth-order valence-electron chi connectivity index (χ4n) is 1.82. The predicted molar refractivity (Wildman–Crippen MR) is 79.2 cm³/mol. The number of amides is 1. The van der Waals surface area contributed by atoms with Gasteiger partial charge < -0.3 is 10.1 Å². The van der Waals surface area contributed by atoms with Gasteiger partial charge in [-0.05, 0) is 6.42 Å². The van der Waals surface area contributed by atoms with Gasteiger partial charge >= 0.3 is 0 Å². The van der Waals surface area contributed by atoms with E-state index in [9.17, 15) is 4.79 Å². The lowest BCUT2D eigenvalue weighted by Gasteiger charge is -2.17. The maximum atomic E-state index is 12.3. The quantitative estimate of drug-likeness (QED) is 0.841. The highest BCUT2D eigenvalue weighted by Gasteiger charge is 2.18. The minimum absolute atomic E-state index is 0.0361. The van der Waals surface area contributed by atoms with Crippen LogP contribution >= 0.6 is 11.6 Å². The van der Waals surface area contributed by atoms with E-state index in [-0.39, 0.29) is 28.6 Å². The van der Waals surface area contributed by atoms with Gasteiger partial charge in [-0.3, -0.25) is 4.79 Å². The van der Waals surface area contributed by atoms with Crippen LogP contribution in [0.4, 0.5) is 0 Å². The highest BCUT2D eigenvalue weighted by Crippen LogP contribution is 2.16. The van der Waals surface area contributed by atoms with Gasteiger partial charge in [0.1, 0.15) is 11.5 Å². The second kappa shape index (κ2) is 8.17. The molecule has 0 saturated carbocycles. The Morgan fingerprint density at radius 2 is 2.20 bits per heavy atom. The summed E-state index contributed by atoms with van der Waals surface area (Å²) in [5.74, 6) is 0.470. The Kier molecular flexibility index (Phi) is 6.88. The van der Waals surface area contributed by atoms with Gasteiger partial charge in [-0.1, -0.05) is 38.8 Å². The van der Waals surface area contributed by atoms with Gasteiger partial charge in [-0.25, -0.2) is 9.97 Å². The summed E-state index contributed by atoms with van der Waals surface area (Å²) in [5.41, 5.74) is 0.225. The Hall–Kier alpha value is -1.20. The van der Waals surface area contributed by atoms with E-state index in [0.29, 0.717) is 12.4 Å². The van der Waals surface area contributed by atoms with Crippen LogP contribution in [0.25, 0.3) is 0 Å². The van der Waals surface area contributed by atoms with Crippen molar-refractivity contribution in [2.24, 2.45) is 0 Å². The topological polar surface area (TPSA) is 64.1 Å². The van der Waals surface area contributed by atoms with Crippen molar-refractivity contribution in [3.8, 4) is 0 Å². The summed E-state index contributed by atoms with van der Waals surface area (Å²) in [7, 11) is 1.61. The molecule has 1 rings (SSSR count). The normalized spacial score (nSPS) is 12.5. The summed E-state index contributed by atoms with van der Waals surface area (Å²) in [6.45, 7) is 6.47. The molecule has 1 atom stereocenters. The number of rotatable bonds is 7. The van der Waals surface area contributed by atoms with E-state index in [2.05, 4.69) is 22.2 Å². The third-order valence-electron chi connectivity index (χ3n) is 2.83. The first-order valence-electron chi connectivity index (χ1n) is 6.81. The molecule has 0 aliphatic heterocycles. The molecule has 1 heterocycles. The number of nitrogens with zero attached hydrogens (tertiary/aromatic N) is 2. The molecule has 0 fully saturated rings. The van der Waals surface area contributed by atoms with E-state index in [1.165, 1.54) is 6.20 Å². The number of halogens is 1. The molecule has 1 N–H and O–H groups in total. The molecule has 1 amide bonds. The molecule has 0 spiro atoms. The van der Waals surface area contributed by atoms with Crippen LogP contribution in [0.2, 0.25) is 5.02 Å². The van der Waals surface area contributed by atoms with E-state index in [1.807, 2.05) is 13.8 Å². The molecule has 0 aliphatic carbocycles. The van der Waals surface area contributed by atoms with Crippen LogP contribution in [0.15, 0.2) is 6.20 Å². The first-order chi connectivity index (χ1) is 9.49. The zero-order valence-electron chi connectivity index (χ0n) is 12.4. The summed E-state index contributed by atoms with van der Waals surface area (Å²) in [4.78, 5) is 20.6. The van der Waals surface area contributed by atoms with Gasteiger partial charge in [0.15, 0.2) is 0 Å². The first-order valence-corrected chi connectivity index (χ1v) is 7.19. The average molecular weight is 300 g/mol. The standard InChI is InChI=1S/C14H22ClN3O2/c1-5-6-10(8-20-4)17-14(19)12-11(15)7-16-13(18-12)9(2)3/h7,9-10H,5-6,8H2,1-4H3,(H,17,19). The SMILES string of the molecule is CCCC(COC)NC(=O)c1nc(C(C)C)ncc1Cl. The Labute approximate surface area is 125 Å². The molecule has 0 radical (unpaired) electrons. The zero-order valence-corrected chi connectivity index (χ0v) is 13.2. The second-order valence-corrected chi connectivity index (χ2v) is 5.40. The van der Waals surface area contributed by atoms with Crippen molar-refractivity contribution in [3.63, 3.8) is 0 Å². The van der Waals surface area contributed by atoms with E-state index >= 15 is 0 Å². The van der Waals surface area contributed by atoms with Crippen molar-refractivity contribution in [2.75, 3.05) is 13.7 Å². The average Bonchev–Trinajstić information content (AvgIpc) is 2.39. The van der Waals surface area contributed by atoms with E-state index in [0.717, 1.165) is 12.8 Å². The van der Waals surface area contributed by atoms with Crippen molar-refractivity contribution in [2.45, 2.75) is 45.6 Å². The largest absolute Gasteiger partial charge is 0.383 e. The molecule has 1 unspecified atom stereocenters. The third kappa shape index (κ3) is 4.72. The van der Waals surface area contributed by atoms with Crippen molar-refractivity contribution >= 4 is 17.5 Å². The van der Waals surface area contributed by atoms with Gasteiger partial charge in [0, 0.05) is 13.0 Å². The van der Waals surface area contributed by atoms with Crippen LogP contribution in [-0.2, 0) is 4.74 Å². The number of aromatic nitrogens is 2. The molecule has 1 aromatic rings. The number of carbonyl (C=O) groups is 1. The molecule has 6 heteroatoms. The number of hydrogen-bond acceptors (Lipinski definition) is 4. The van der Waals surface area contributed by atoms with Crippen molar-refractivity contribution in [1.29, 1.82) is 0 Å². The van der Waals surface area contributed by atoms with E-state index in [1.54, 1.807) is 7.11 Å². The van der Waals surface area contributed by atoms with Crippen LogP contribution in [-0.4, -0.2) is 35.6 Å². The maximum absolute atomic E-state index is 12.3. The molecular weight excluding hydrogens is 278 g/mol. The van der Waals surface area contributed by atoms with Gasteiger partial charge in [-0.2, -0.15) is 0 Å². The predicted octanol–water partition coefficient (Wildman–Crippen LogP) is 2.80. The first kappa shape index (κ1) is 16.9. The molecule has 5 nitrogen and oxygen atoms in total. The van der Waals surface area contributed by atoms with Crippen LogP contribution in [0.5, 0.6) is 0 Å². The molecule has 0 saturated heterocycles. The van der Waals surface area contributed by atoms with Crippen molar-refractivity contribution in [1.82, 2.24) is 15.3 Å². The number of nitrogens with one attached hydrogen (secondary N) is 1. The molecule has 112 valence electrons. The Balaban J connectivity index is 2.87. The summed E-state index contributed by atoms with van der Waals surface area (Å²) in [5, 5.41) is 3.17. The fourth-order valence-corrected chi connectivity index (χ4v) is 2.00. The number of ether oxygens (including phenoxy) is 1. The summed E-state index contributed by atoms with van der Waals surface area (Å²) in [6, 6.07) is -0.0361. The van der Waals surface area contributed by atoms with Gasteiger partial charge in [0.2, 0.25) is 0 Å². The van der Waals surface area contributed by atoms with Crippen LogP contribution < -0.4 is 5.32 Å². The maximum Gasteiger partial charge on any atom is 0.271 e. The minimum atomic E-state index is -0.283. The monoisotopic (exact) mass is 299 g/mol. The molecule has 0 bridgehead atoms. The number of carbonyl (C=O) groups excluding carboxylic acids is 1. The Bertz CT molecular complexity index is 446. The molecule has 1 aromatic heterocycles. The second-order valence-electron chi connectivity index (χ2n) is 4.99. The highest BCUT2D eigenvalue weighted by molar-refractivity contribution is 6.33. The molecule has 0 aliphatic rings. The lowest BCUT2D eigenvalue weighted by molar-refractivity contribution is 0.0886. The van der Waals surface area contributed by atoms with Gasteiger partial charge in [-0.15, -0.1) is 0 Å². The summed E-state index contributed by atoms with van der Waals surface area (Å²) >= 11 is 6.02. The smallest absolute Gasteiger partial charge is 0.271 e. The molecule has 20 heavy (non-hydrogen) atoms. The van der Waals surface area contributed by atoms with Crippen LogP contribution in [0, 0.1) is 0 Å². The Morgan fingerprint density at radius 1 is 1.50 bits per heavy atom. The lowest BCUT2D eigenvalue weighted by atomic mass is 10.1. The van der Waals surface area contributed by atoms with Crippen LogP contribution in [0.3, 0.4) is 0 Å². The highest BCUT2D eigenvalue weighted by atomic mass is 35.5. The van der Waals surface area contributed by atoms with Gasteiger partial charge in [0.25, 0.3) is 5.91 Å². The number of hydrogen-bond donors (Lipinski definition) is 1. The van der Waals surface area contributed by atoms with Crippen molar-refractivity contribution < 1.29 is 9.53 Å². The summed E-state index contributed by atoms with van der Waals surface area (Å²) < 4.78 is 5.11. The minimum Gasteiger partial charge on any atom is -0.383 e. The molecule has 0 aromatic carbocycles. The third-order valence-corrected chi connectivity index (χ3v) is 3.11. The molecular formula is C14H22ClN3O2. The summed E-state index contributed by atoms with van der Waals surface area (Å²) in [6.07, 6.45) is 3.28. The van der Waals surface area contributed by atoms with Crippen LogP contribution in [0.1, 0.15) is 55.8 Å². The van der Waals surface area contributed by atoms with Gasteiger partial charge in [0.05, 0.1) is 23.9 Å². The fraction of sp³-hybridized carbons (Fsp3) is 0.643. The van der Waals surface area contributed by atoms with E-state index in [4.69, 9.17) is 16.3 Å². The Morgan fingerprint density at radius 3 is 2.75 bits per heavy atom. The van der Waals surface area contributed by atoms with Crippen molar-refractivity contribution in [3.05, 3.63) is 22.7 Å². The van der Waals surface area contributed by atoms with E-state index < -0.39 is 0 Å². The zero-order chi connectivity index (χ0) is 15.1. The lowest BCUT2D eigenvalue weighted by Crippen LogP contribution is -2.38. The number of methoxy groups -OCH3 is 1.